The smallest absolute Gasteiger partial charge is 0.209 e. The van der Waals surface area contributed by atoms with Crippen LogP contribution in [0.3, 0.4) is 0 Å². The molecule has 0 radical (unpaired) electrons. The van der Waals surface area contributed by atoms with Crippen LogP contribution in [0, 0.1) is 5.82 Å². The summed E-state index contributed by atoms with van der Waals surface area (Å²) in [6.07, 6.45) is 2.36. The highest BCUT2D eigenvalue weighted by atomic mass is 32.1. The molecule has 90 valence electrons. The molecule has 1 aromatic carbocycles. The van der Waals surface area contributed by atoms with Crippen LogP contribution in [0.4, 0.5) is 15.2 Å². The molecule has 17 heavy (non-hydrogen) atoms. The van der Waals surface area contributed by atoms with E-state index in [0.717, 1.165) is 23.8 Å². The molecule has 0 atom stereocenters. The maximum atomic E-state index is 12.9. The first-order valence-electron chi connectivity index (χ1n) is 5.31. The first-order chi connectivity index (χ1) is 8.31. The van der Waals surface area contributed by atoms with Crippen molar-refractivity contribution in [2.24, 2.45) is 5.73 Å². The van der Waals surface area contributed by atoms with Gasteiger partial charge < -0.3 is 10.6 Å². The minimum absolute atomic E-state index is 0.246. The van der Waals surface area contributed by atoms with E-state index < -0.39 is 0 Å². The minimum Gasteiger partial charge on any atom is -0.330 e. The Kier molecular flexibility index (Phi) is 4.00. The Labute approximate surface area is 103 Å². The molecule has 0 aliphatic carbocycles. The van der Waals surface area contributed by atoms with E-state index in [-0.39, 0.29) is 5.82 Å². The molecule has 0 bridgehead atoms. The highest BCUT2D eigenvalue weighted by Crippen LogP contribution is 2.26. The van der Waals surface area contributed by atoms with Crippen molar-refractivity contribution in [3.8, 4) is 0 Å². The SMILES string of the molecule is NCCCN(c1ccc(F)cc1)c1ncns1. The predicted octanol–water partition coefficient (Wildman–Crippen LogP) is 2.16. The van der Waals surface area contributed by atoms with Gasteiger partial charge in [-0.1, -0.05) is 0 Å². The van der Waals surface area contributed by atoms with Crippen LogP contribution in [0.5, 0.6) is 0 Å². The fourth-order valence-corrected chi connectivity index (χ4v) is 2.07. The molecule has 2 N–H and O–H groups in total. The number of nitrogens with two attached hydrogens (primary N) is 1. The van der Waals surface area contributed by atoms with Crippen LogP contribution >= 0.6 is 11.5 Å². The summed E-state index contributed by atoms with van der Waals surface area (Å²) >= 11 is 1.31. The number of hydrogen-bond donors (Lipinski definition) is 1. The summed E-state index contributed by atoms with van der Waals surface area (Å²) in [5.74, 6) is -0.246. The van der Waals surface area contributed by atoms with E-state index in [1.54, 1.807) is 12.1 Å². The van der Waals surface area contributed by atoms with Gasteiger partial charge in [0.05, 0.1) is 0 Å². The van der Waals surface area contributed by atoms with Crippen LogP contribution in [0.15, 0.2) is 30.6 Å². The molecule has 0 saturated carbocycles. The van der Waals surface area contributed by atoms with Crippen LogP contribution in [0.2, 0.25) is 0 Å². The lowest BCUT2D eigenvalue weighted by molar-refractivity contribution is 0.627. The van der Waals surface area contributed by atoms with E-state index in [9.17, 15) is 4.39 Å². The fourth-order valence-electron chi connectivity index (χ4n) is 1.49. The van der Waals surface area contributed by atoms with Gasteiger partial charge >= 0.3 is 0 Å². The summed E-state index contributed by atoms with van der Waals surface area (Å²) < 4.78 is 16.9. The van der Waals surface area contributed by atoms with Crippen molar-refractivity contribution in [1.29, 1.82) is 0 Å². The van der Waals surface area contributed by atoms with Crippen molar-refractivity contribution >= 4 is 22.4 Å². The summed E-state index contributed by atoms with van der Waals surface area (Å²) in [5, 5.41) is 0.796. The average molecular weight is 252 g/mol. The summed E-state index contributed by atoms with van der Waals surface area (Å²) in [6, 6.07) is 6.33. The quantitative estimate of drug-likeness (QED) is 0.886. The predicted molar refractivity (Wildman–Crippen MR) is 67.0 cm³/mol. The second-order valence-electron chi connectivity index (χ2n) is 3.49. The number of benzene rings is 1. The molecule has 4 nitrogen and oxygen atoms in total. The zero-order valence-electron chi connectivity index (χ0n) is 9.21. The first kappa shape index (κ1) is 11.9. The molecule has 0 unspecified atom stereocenters. The second kappa shape index (κ2) is 5.70. The number of nitrogens with zero attached hydrogens (tertiary/aromatic N) is 3. The number of anilines is 2. The van der Waals surface area contributed by atoms with Crippen molar-refractivity contribution in [1.82, 2.24) is 9.36 Å². The molecule has 2 rings (SSSR count). The molecule has 0 amide bonds. The van der Waals surface area contributed by atoms with Crippen LogP contribution in [-0.2, 0) is 0 Å². The van der Waals surface area contributed by atoms with E-state index in [1.165, 1.54) is 30.0 Å². The fraction of sp³-hybridized carbons (Fsp3) is 0.273. The molecule has 0 aliphatic rings. The van der Waals surface area contributed by atoms with Gasteiger partial charge in [-0.25, -0.2) is 9.37 Å². The van der Waals surface area contributed by atoms with Gasteiger partial charge in [0.2, 0.25) is 5.13 Å². The van der Waals surface area contributed by atoms with Gasteiger partial charge in [0.15, 0.2) is 0 Å². The lowest BCUT2D eigenvalue weighted by Crippen LogP contribution is -2.20. The summed E-state index contributed by atoms with van der Waals surface area (Å²) in [6.45, 7) is 1.35. The Morgan fingerprint density at radius 3 is 2.65 bits per heavy atom. The van der Waals surface area contributed by atoms with Crippen LogP contribution in [-0.4, -0.2) is 22.4 Å². The Morgan fingerprint density at radius 1 is 1.29 bits per heavy atom. The van der Waals surface area contributed by atoms with Gasteiger partial charge in [0, 0.05) is 23.8 Å². The highest BCUT2D eigenvalue weighted by Gasteiger charge is 2.11. The number of halogens is 1. The molecule has 6 heteroatoms. The largest absolute Gasteiger partial charge is 0.330 e. The van der Waals surface area contributed by atoms with Gasteiger partial charge in [-0.05, 0) is 37.2 Å². The molecule has 0 fully saturated rings. The Bertz CT molecular complexity index is 443. The van der Waals surface area contributed by atoms with Crippen LogP contribution < -0.4 is 10.6 Å². The first-order valence-corrected chi connectivity index (χ1v) is 6.08. The van der Waals surface area contributed by atoms with Crippen molar-refractivity contribution in [2.45, 2.75) is 6.42 Å². The summed E-state index contributed by atoms with van der Waals surface area (Å²) in [4.78, 5) is 6.16. The zero-order valence-corrected chi connectivity index (χ0v) is 10.0. The second-order valence-corrected chi connectivity index (χ2v) is 4.25. The molecule has 0 aliphatic heterocycles. The molecule has 0 saturated heterocycles. The minimum atomic E-state index is -0.246. The maximum absolute atomic E-state index is 12.9. The lowest BCUT2D eigenvalue weighted by Gasteiger charge is -2.21. The lowest BCUT2D eigenvalue weighted by atomic mass is 10.2. The van der Waals surface area contributed by atoms with Gasteiger partial charge in [-0.3, -0.25) is 0 Å². The van der Waals surface area contributed by atoms with E-state index >= 15 is 0 Å². The molecule has 1 aromatic heterocycles. The van der Waals surface area contributed by atoms with E-state index in [0.29, 0.717) is 6.54 Å². The zero-order chi connectivity index (χ0) is 12.1. The van der Waals surface area contributed by atoms with Crippen molar-refractivity contribution in [2.75, 3.05) is 18.0 Å². The number of rotatable bonds is 5. The summed E-state index contributed by atoms with van der Waals surface area (Å²) in [5.41, 5.74) is 6.41. The van der Waals surface area contributed by atoms with Crippen LogP contribution in [0.25, 0.3) is 0 Å². The number of aromatic nitrogens is 2. The Hall–Kier alpha value is -1.53. The Morgan fingerprint density at radius 2 is 2.06 bits per heavy atom. The standard InChI is InChI=1S/C11H13FN4S/c12-9-2-4-10(5-3-9)16(7-1-6-13)11-14-8-15-17-11/h2-5,8H,1,6-7,13H2. The highest BCUT2D eigenvalue weighted by molar-refractivity contribution is 7.09. The monoisotopic (exact) mass is 252 g/mol. The molecule has 1 heterocycles. The van der Waals surface area contributed by atoms with E-state index in [2.05, 4.69) is 9.36 Å². The molecular weight excluding hydrogens is 239 g/mol. The van der Waals surface area contributed by atoms with Gasteiger partial charge in [-0.2, -0.15) is 4.37 Å². The summed E-state index contributed by atoms with van der Waals surface area (Å²) in [7, 11) is 0. The third-order valence-electron chi connectivity index (χ3n) is 2.30. The van der Waals surface area contributed by atoms with Crippen molar-refractivity contribution in [3.05, 3.63) is 36.4 Å². The third-order valence-corrected chi connectivity index (χ3v) is 2.99. The topological polar surface area (TPSA) is 55.0 Å². The van der Waals surface area contributed by atoms with E-state index in [4.69, 9.17) is 5.73 Å². The van der Waals surface area contributed by atoms with Crippen molar-refractivity contribution in [3.63, 3.8) is 0 Å². The van der Waals surface area contributed by atoms with Crippen molar-refractivity contribution < 1.29 is 4.39 Å². The molecule has 2 aromatic rings. The Balaban J connectivity index is 2.23. The van der Waals surface area contributed by atoms with E-state index in [1.807, 2.05) is 4.90 Å². The number of hydrogen-bond acceptors (Lipinski definition) is 5. The molecular formula is C11H13FN4S. The maximum Gasteiger partial charge on any atom is 0.209 e. The molecule has 0 spiro atoms. The van der Waals surface area contributed by atoms with Crippen LogP contribution in [0.1, 0.15) is 6.42 Å². The average Bonchev–Trinajstić information content (AvgIpc) is 2.85. The van der Waals surface area contributed by atoms with Gasteiger partial charge in [-0.15, -0.1) is 0 Å². The normalized spacial score (nSPS) is 10.5. The van der Waals surface area contributed by atoms with Gasteiger partial charge in [0.25, 0.3) is 0 Å². The van der Waals surface area contributed by atoms with Gasteiger partial charge in [0.1, 0.15) is 12.1 Å². The third kappa shape index (κ3) is 2.98.